The molecule has 2 rings (SSSR count). The molecule has 0 spiro atoms. The van der Waals surface area contributed by atoms with Crippen LogP contribution in [0.2, 0.25) is 0 Å². The summed E-state index contributed by atoms with van der Waals surface area (Å²) in [5, 5.41) is 8.89. The van der Waals surface area contributed by atoms with Crippen molar-refractivity contribution in [3.8, 4) is 0 Å². The van der Waals surface area contributed by atoms with Gasteiger partial charge >= 0.3 is 5.97 Å². The van der Waals surface area contributed by atoms with Gasteiger partial charge in [-0.2, -0.15) is 0 Å². The number of rotatable bonds is 2. The maximum absolute atomic E-state index is 10.8. The standard InChI is InChI=1S/C12H14INO2/c13-10-8-9(12(15)16)4-5-11(10)14-6-2-1-3-7-14/h4-5,8H,1-3,6-7H2,(H,15,16). The van der Waals surface area contributed by atoms with Gasteiger partial charge in [-0.05, 0) is 60.1 Å². The molecule has 1 heterocycles. The van der Waals surface area contributed by atoms with Gasteiger partial charge in [0.25, 0.3) is 0 Å². The number of carboxylic acid groups (broad SMARTS) is 1. The van der Waals surface area contributed by atoms with E-state index in [0.29, 0.717) is 5.56 Å². The van der Waals surface area contributed by atoms with Gasteiger partial charge in [-0.15, -0.1) is 0 Å². The first-order valence-electron chi connectivity index (χ1n) is 5.46. The van der Waals surface area contributed by atoms with Gasteiger partial charge in [-0.1, -0.05) is 0 Å². The molecule has 0 radical (unpaired) electrons. The SMILES string of the molecule is O=C(O)c1ccc(N2CCCCC2)c(I)c1. The number of aromatic carboxylic acids is 1. The predicted molar refractivity (Wildman–Crippen MR) is 72.2 cm³/mol. The molecule has 1 fully saturated rings. The normalized spacial score (nSPS) is 16.2. The van der Waals surface area contributed by atoms with Crippen LogP contribution in [0.3, 0.4) is 0 Å². The molecule has 1 aromatic rings. The Labute approximate surface area is 109 Å². The molecule has 0 aliphatic carbocycles. The number of anilines is 1. The summed E-state index contributed by atoms with van der Waals surface area (Å²) >= 11 is 2.22. The van der Waals surface area contributed by atoms with Gasteiger partial charge in [0.15, 0.2) is 0 Å². The molecule has 0 saturated carbocycles. The highest BCUT2D eigenvalue weighted by atomic mass is 127. The van der Waals surface area contributed by atoms with E-state index < -0.39 is 5.97 Å². The van der Waals surface area contributed by atoms with Crippen LogP contribution < -0.4 is 4.90 Å². The van der Waals surface area contributed by atoms with E-state index in [0.717, 1.165) is 16.7 Å². The molecule has 1 saturated heterocycles. The summed E-state index contributed by atoms with van der Waals surface area (Å²) in [6, 6.07) is 5.36. The zero-order valence-corrected chi connectivity index (χ0v) is 11.1. The Morgan fingerprint density at radius 2 is 1.94 bits per heavy atom. The van der Waals surface area contributed by atoms with Crippen LogP contribution in [0.4, 0.5) is 5.69 Å². The lowest BCUT2D eigenvalue weighted by Crippen LogP contribution is -2.30. The van der Waals surface area contributed by atoms with E-state index in [9.17, 15) is 4.79 Å². The van der Waals surface area contributed by atoms with Crippen molar-refractivity contribution in [1.29, 1.82) is 0 Å². The number of carboxylic acids is 1. The fourth-order valence-electron chi connectivity index (χ4n) is 2.03. The number of hydrogen-bond donors (Lipinski definition) is 1. The maximum atomic E-state index is 10.8. The Morgan fingerprint density at radius 1 is 1.25 bits per heavy atom. The van der Waals surface area contributed by atoms with Crippen molar-refractivity contribution in [2.75, 3.05) is 18.0 Å². The van der Waals surface area contributed by atoms with Crippen LogP contribution in [0, 0.1) is 3.57 Å². The molecular formula is C12H14INO2. The molecule has 0 unspecified atom stereocenters. The molecule has 86 valence electrons. The average Bonchev–Trinajstić information content (AvgIpc) is 2.30. The lowest BCUT2D eigenvalue weighted by Gasteiger charge is -2.29. The summed E-state index contributed by atoms with van der Waals surface area (Å²) in [5.74, 6) is -0.858. The van der Waals surface area contributed by atoms with Crippen molar-refractivity contribution < 1.29 is 9.90 Å². The Hall–Kier alpha value is -0.780. The molecule has 1 aliphatic rings. The van der Waals surface area contributed by atoms with E-state index in [1.165, 1.54) is 24.9 Å². The number of halogens is 1. The van der Waals surface area contributed by atoms with E-state index in [1.54, 1.807) is 12.1 Å². The summed E-state index contributed by atoms with van der Waals surface area (Å²) in [6.07, 6.45) is 3.77. The van der Waals surface area contributed by atoms with Gasteiger partial charge in [-0.3, -0.25) is 0 Å². The number of piperidine rings is 1. The van der Waals surface area contributed by atoms with Gasteiger partial charge in [0.1, 0.15) is 0 Å². The van der Waals surface area contributed by atoms with Crippen LogP contribution >= 0.6 is 22.6 Å². The van der Waals surface area contributed by atoms with Gasteiger partial charge in [0.05, 0.1) is 11.3 Å². The minimum absolute atomic E-state index is 0.366. The summed E-state index contributed by atoms with van der Waals surface area (Å²) in [4.78, 5) is 13.2. The second-order valence-electron chi connectivity index (χ2n) is 4.02. The Balaban J connectivity index is 2.24. The number of benzene rings is 1. The highest BCUT2D eigenvalue weighted by Crippen LogP contribution is 2.26. The topological polar surface area (TPSA) is 40.5 Å². The van der Waals surface area contributed by atoms with Crippen molar-refractivity contribution in [3.05, 3.63) is 27.3 Å². The fraction of sp³-hybridized carbons (Fsp3) is 0.417. The Morgan fingerprint density at radius 3 is 2.50 bits per heavy atom. The largest absolute Gasteiger partial charge is 0.478 e. The average molecular weight is 331 g/mol. The third kappa shape index (κ3) is 2.48. The fourth-order valence-corrected chi connectivity index (χ4v) is 2.89. The Bertz CT molecular complexity index is 400. The van der Waals surface area contributed by atoms with Crippen molar-refractivity contribution >= 4 is 34.2 Å². The number of carbonyl (C=O) groups is 1. The van der Waals surface area contributed by atoms with Crippen molar-refractivity contribution in [1.82, 2.24) is 0 Å². The summed E-state index contributed by atoms with van der Waals surface area (Å²) in [7, 11) is 0. The molecule has 1 aliphatic heterocycles. The number of hydrogen-bond acceptors (Lipinski definition) is 2. The van der Waals surface area contributed by atoms with Gasteiger partial charge < -0.3 is 10.0 Å². The maximum Gasteiger partial charge on any atom is 0.335 e. The smallest absolute Gasteiger partial charge is 0.335 e. The molecule has 0 amide bonds. The van der Waals surface area contributed by atoms with Crippen molar-refractivity contribution in [2.24, 2.45) is 0 Å². The van der Waals surface area contributed by atoms with Crippen LogP contribution in [0.25, 0.3) is 0 Å². The molecule has 16 heavy (non-hydrogen) atoms. The molecule has 1 aromatic carbocycles. The lowest BCUT2D eigenvalue weighted by molar-refractivity contribution is 0.0697. The first-order chi connectivity index (χ1) is 7.68. The van der Waals surface area contributed by atoms with Gasteiger partial charge in [0.2, 0.25) is 0 Å². The van der Waals surface area contributed by atoms with E-state index in [1.807, 2.05) is 6.07 Å². The van der Waals surface area contributed by atoms with Crippen LogP contribution in [0.1, 0.15) is 29.6 Å². The van der Waals surface area contributed by atoms with Crippen LogP contribution in [0.5, 0.6) is 0 Å². The zero-order chi connectivity index (χ0) is 11.5. The minimum atomic E-state index is -0.858. The summed E-state index contributed by atoms with van der Waals surface area (Å²) < 4.78 is 1.03. The molecule has 0 atom stereocenters. The van der Waals surface area contributed by atoms with Crippen molar-refractivity contribution in [2.45, 2.75) is 19.3 Å². The van der Waals surface area contributed by atoms with Gasteiger partial charge in [-0.25, -0.2) is 4.79 Å². The first kappa shape index (κ1) is 11.7. The highest BCUT2D eigenvalue weighted by molar-refractivity contribution is 14.1. The molecule has 4 heteroatoms. The Kier molecular flexibility index (Phi) is 3.68. The molecule has 0 aromatic heterocycles. The molecule has 1 N–H and O–H groups in total. The third-order valence-corrected chi connectivity index (χ3v) is 3.76. The van der Waals surface area contributed by atoms with E-state index >= 15 is 0 Å². The molecule has 3 nitrogen and oxygen atoms in total. The van der Waals surface area contributed by atoms with E-state index in [-0.39, 0.29) is 0 Å². The van der Waals surface area contributed by atoms with Crippen LogP contribution in [-0.4, -0.2) is 24.2 Å². The molecule has 0 bridgehead atoms. The first-order valence-corrected chi connectivity index (χ1v) is 6.54. The number of nitrogens with zero attached hydrogens (tertiary/aromatic N) is 1. The third-order valence-electron chi connectivity index (χ3n) is 2.89. The minimum Gasteiger partial charge on any atom is -0.478 e. The van der Waals surface area contributed by atoms with Gasteiger partial charge in [0, 0.05) is 16.7 Å². The predicted octanol–water partition coefficient (Wildman–Crippen LogP) is 2.98. The molecular weight excluding hydrogens is 317 g/mol. The zero-order valence-electron chi connectivity index (χ0n) is 8.95. The van der Waals surface area contributed by atoms with Crippen molar-refractivity contribution in [3.63, 3.8) is 0 Å². The lowest BCUT2D eigenvalue weighted by atomic mass is 10.1. The summed E-state index contributed by atoms with van der Waals surface area (Å²) in [6.45, 7) is 2.17. The highest BCUT2D eigenvalue weighted by Gasteiger charge is 2.14. The second kappa shape index (κ2) is 5.03. The van der Waals surface area contributed by atoms with Crippen LogP contribution in [-0.2, 0) is 0 Å². The van der Waals surface area contributed by atoms with Crippen LogP contribution in [0.15, 0.2) is 18.2 Å². The van der Waals surface area contributed by atoms with E-state index in [2.05, 4.69) is 27.5 Å². The van der Waals surface area contributed by atoms with E-state index in [4.69, 9.17) is 5.11 Å². The summed E-state index contributed by atoms with van der Waals surface area (Å²) in [5.41, 5.74) is 1.54. The quantitative estimate of drug-likeness (QED) is 0.847. The monoisotopic (exact) mass is 331 g/mol. The second-order valence-corrected chi connectivity index (χ2v) is 5.18.